The van der Waals surface area contributed by atoms with E-state index >= 15 is 0 Å². The number of nitrogens with one attached hydrogen (secondary N) is 1. The maximum Gasteiger partial charge on any atom is 0.410 e. The third-order valence-corrected chi connectivity index (χ3v) is 2.72. The number of amides is 1. The van der Waals surface area contributed by atoms with Crippen molar-refractivity contribution >= 4 is 11.9 Å². The molecule has 0 bridgehead atoms. The van der Waals surface area contributed by atoms with E-state index in [1.165, 1.54) is 6.20 Å². The molecule has 0 atom stereocenters. The summed E-state index contributed by atoms with van der Waals surface area (Å²) in [5.41, 5.74) is 0.0130. The van der Waals surface area contributed by atoms with Crippen molar-refractivity contribution in [3.63, 3.8) is 0 Å². The summed E-state index contributed by atoms with van der Waals surface area (Å²) in [7, 11) is 0. The molecule has 1 aromatic heterocycles. The number of carbonyl (C=O) groups is 1. The van der Waals surface area contributed by atoms with E-state index < -0.39 is 11.7 Å². The van der Waals surface area contributed by atoms with Crippen LogP contribution in [0.5, 0.6) is 0 Å². The zero-order valence-electron chi connectivity index (χ0n) is 8.10. The lowest BCUT2D eigenvalue weighted by Gasteiger charge is -2.36. The number of hydrogen-bond acceptors (Lipinski definition) is 3. The molecule has 15 heavy (non-hydrogen) atoms. The third kappa shape index (κ3) is 1.92. The van der Waals surface area contributed by atoms with Crippen molar-refractivity contribution in [2.24, 2.45) is 0 Å². The van der Waals surface area contributed by atoms with E-state index in [9.17, 15) is 9.90 Å². The number of anilines is 1. The van der Waals surface area contributed by atoms with Crippen LogP contribution in [-0.2, 0) is 5.60 Å². The molecule has 1 aliphatic carbocycles. The van der Waals surface area contributed by atoms with Crippen LogP contribution in [0.15, 0.2) is 18.3 Å². The molecule has 3 N–H and O–H groups in total. The van der Waals surface area contributed by atoms with E-state index in [2.05, 4.69) is 10.3 Å². The second-order valence-electron chi connectivity index (χ2n) is 3.75. The Bertz CT molecular complexity index is 371. The Morgan fingerprint density at radius 3 is 2.60 bits per heavy atom. The fourth-order valence-corrected chi connectivity index (χ4v) is 1.65. The molecule has 2 rings (SSSR count). The number of aromatic nitrogens is 1. The Balaban J connectivity index is 2.13. The fourth-order valence-electron chi connectivity index (χ4n) is 1.65. The molecule has 0 saturated heterocycles. The summed E-state index contributed by atoms with van der Waals surface area (Å²) < 4.78 is 0. The Hall–Kier alpha value is -1.62. The predicted octanol–water partition coefficient (Wildman–Crippen LogP) is 1.54. The van der Waals surface area contributed by atoms with Crippen molar-refractivity contribution in [3.05, 3.63) is 23.9 Å². The highest BCUT2D eigenvalue weighted by molar-refractivity contribution is 5.81. The normalized spacial score (nSPS) is 17.9. The minimum atomic E-state index is -1.14. The monoisotopic (exact) mass is 208 g/mol. The summed E-state index contributed by atoms with van der Waals surface area (Å²) in [6.07, 6.45) is 2.90. The van der Waals surface area contributed by atoms with E-state index in [4.69, 9.17) is 5.11 Å². The second kappa shape index (κ2) is 3.51. The van der Waals surface area contributed by atoms with Crippen LogP contribution in [0.4, 0.5) is 10.6 Å². The molecule has 1 aliphatic rings. The smallest absolute Gasteiger partial charge is 0.410 e. The summed E-state index contributed by atoms with van der Waals surface area (Å²) in [5, 5.41) is 20.6. The van der Waals surface area contributed by atoms with Gasteiger partial charge in [-0.1, -0.05) is 6.07 Å². The van der Waals surface area contributed by atoms with Crippen LogP contribution in [0.3, 0.4) is 0 Å². The first-order valence-electron chi connectivity index (χ1n) is 4.79. The van der Waals surface area contributed by atoms with Crippen LogP contribution in [0.25, 0.3) is 0 Å². The van der Waals surface area contributed by atoms with Gasteiger partial charge in [0.15, 0.2) is 0 Å². The van der Waals surface area contributed by atoms with Gasteiger partial charge < -0.3 is 10.2 Å². The molecule has 0 aliphatic heterocycles. The first-order valence-corrected chi connectivity index (χ1v) is 4.79. The largest absolute Gasteiger partial charge is 0.465 e. The van der Waals surface area contributed by atoms with E-state index in [1.807, 2.05) is 0 Å². The van der Waals surface area contributed by atoms with Crippen LogP contribution >= 0.6 is 0 Å². The maximum atomic E-state index is 10.3. The molecule has 1 saturated carbocycles. The zero-order chi connectivity index (χ0) is 10.9. The van der Waals surface area contributed by atoms with Crippen molar-refractivity contribution in [2.45, 2.75) is 24.9 Å². The molecule has 0 spiro atoms. The predicted molar refractivity (Wildman–Crippen MR) is 53.6 cm³/mol. The molecule has 1 aromatic rings. The molecule has 0 aromatic carbocycles. The number of hydrogen-bond donors (Lipinski definition) is 3. The van der Waals surface area contributed by atoms with Crippen LogP contribution in [0.2, 0.25) is 0 Å². The van der Waals surface area contributed by atoms with E-state index in [0.29, 0.717) is 0 Å². The van der Waals surface area contributed by atoms with Gasteiger partial charge in [-0.15, -0.1) is 0 Å². The number of nitrogens with zero attached hydrogens (tertiary/aromatic N) is 1. The lowest BCUT2D eigenvalue weighted by atomic mass is 9.76. The minimum absolute atomic E-state index is 0.272. The standard InChI is InChI=1S/C10H12N2O3/c13-9(14)12-8-3-2-7(6-11-8)10(15)4-1-5-10/h2-3,6,15H,1,4-5H2,(H,11,12)(H,13,14). The van der Waals surface area contributed by atoms with Crippen LogP contribution in [-0.4, -0.2) is 21.3 Å². The van der Waals surface area contributed by atoms with Gasteiger partial charge in [0.2, 0.25) is 0 Å². The molecular formula is C10H12N2O3. The van der Waals surface area contributed by atoms with Gasteiger partial charge in [-0.25, -0.2) is 9.78 Å². The van der Waals surface area contributed by atoms with Crippen LogP contribution < -0.4 is 5.32 Å². The number of rotatable bonds is 2. The van der Waals surface area contributed by atoms with Crippen molar-refractivity contribution in [3.8, 4) is 0 Å². The highest BCUT2D eigenvalue weighted by atomic mass is 16.4. The molecule has 5 nitrogen and oxygen atoms in total. The van der Waals surface area contributed by atoms with E-state index in [-0.39, 0.29) is 5.82 Å². The van der Waals surface area contributed by atoms with Crippen LogP contribution in [0, 0.1) is 0 Å². The maximum absolute atomic E-state index is 10.3. The Morgan fingerprint density at radius 2 is 2.20 bits per heavy atom. The molecule has 1 fully saturated rings. The van der Waals surface area contributed by atoms with Crippen molar-refractivity contribution in [1.29, 1.82) is 0 Å². The highest BCUT2D eigenvalue weighted by Gasteiger charge is 2.36. The Labute approximate surface area is 86.8 Å². The fraction of sp³-hybridized carbons (Fsp3) is 0.400. The molecule has 5 heteroatoms. The van der Waals surface area contributed by atoms with Crippen LogP contribution in [0.1, 0.15) is 24.8 Å². The molecule has 1 amide bonds. The average molecular weight is 208 g/mol. The second-order valence-corrected chi connectivity index (χ2v) is 3.75. The SMILES string of the molecule is O=C(O)Nc1ccc(C2(O)CCC2)cn1. The van der Waals surface area contributed by atoms with E-state index in [0.717, 1.165) is 24.8 Å². The summed E-state index contributed by atoms with van der Waals surface area (Å²) in [4.78, 5) is 14.2. The number of pyridine rings is 1. The highest BCUT2D eigenvalue weighted by Crippen LogP contribution is 2.40. The van der Waals surface area contributed by atoms with Crippen molar-refractivity contribution in [2.75, 3.05) is 5.32 Å². The van der Waals surface area contributed by atoms with Gasteiger partial charge in [0.05, 0.1) is 5.60 Å². The van der Waals surface area contributed by atoms with Gasteiger partial charge in [-0.3, -0.25) is 5.32 Å². The molecule has 80 valence electrons. The summed E-state index contributed by atoms with van der Waals surface area (Å²) in [6.45, 7) is 0. The van der Waals surface area contributed by atoms with Crippen molar-refractivity contribution in [1.82, 2.24) is 4.98 Å². The Kier molecular flexibility index (Phi) is 2.32. The third-order valence-electron chi connectivity index (χ3n) is 2.72. The number of carboxylic acid groups (broad SMARTS) is 1. The lowest BCUT2D eigenvalue weighted by Crippen LogP contribution is -2.33. The first kappa shape index (κ1) is 9.92. The van der Waals surface area contributed by atoms with Gasteiger partial charge >= 0.3 is 6.09 Å². The average Bonchev–Trinajstić information content (AvgIpc) is 2.14. The van der Waals surface area contributed by atoms with E-state index in [1.54, 1.807) is 12.1 Å². The summed E-state index contributed by atoms with van der Waals surface area (Å²) in [6, 6.07) is 3.26. The van der Waals surface area contributed by atoms with Gasteiger partial charge in [0, 0.05) is 11.8 Å². The lowest BCUT2D eigenvalue weighted by molar-refractivity contribution is -0.0390. The molecule has 1 heterocycles. The van der Waals surface area contributed by atoms with Gasteiger partial charge in [0.1, 0.15) is 5.82 Å². The van der Waals surface area contributed by atoms with Gasteiger partial charge in [-0.05, 0) is 25.3 Å². The zero-order valence-corrected chi connectivity index (χ0v) is 8.10. The van der Waals surface area contributed by atoms with Gasteiger partial charge in [-0.2, -0.15) is 0 Å². The summed E-state index contributed by atoms with van der Waals surface area (Å²) >= 11 is 0. The molecule has 0 unspecified atom stereocenters. The minimum Gasteiger partial charge on any atom is -0.465 e. The summed E-state index contributed by atoms with van der Waals surface area (Å²) in [5.74, 6) is 0.272. The molecule has 0 radical (unpaired) electrons. The quantitative estimate of drug-likeness (QED) is 0.688. The number of aliphatic hydroxyl groups is 1. The molecular weight excluding hydrogens is 196 g/mol. The van der Waals surface area contributed by atoms with Crippen molar-refractivity contribution < 1.29 is 15.0 Å². The topological polar surface area (TPSA) is 82.5 Å². The Morgan fingerprint density at radius 1 is 1.47 bits per heavy atom. The van der Waals surface area contributed by atoms with Gasteiger partial charge in [0.25, 0.3) is 0 Å². The first-order chi connectivity index (χ1) is 7.10.